The van der Waals surface area contributed by atoms with Crippen molar-refractivity contribution in [3.8, 4) is 0 Å². The van der Waals surface area contributed by atoms with E-state index in [4.69, 9.17) is 0 Å². The van der Waals surface area contributed by atoms with Crippen molar-refractivity contribution in [2.24, 2.45) is 0 Å². The molecule has 4 rings (SSSR count). The minimum atomic E-state index is -0.174. The van der Waals surface area contributed by atoms with Crippen LogP contribution in [0.4, 0.5) is 5.69 Å². The lowest BCUT2D eigenvalue weighted by Crippen LogP contribution is -2.50. The normalized spacial score (nSPS) is 15.4. The first-order valence-electron chi connectivity index (χ1n) is 10.2. The van der Waals surface area contributed by atoms with E-state index in [1.807, 2.05) is 49.1 Å². The highest BCUT2D eigenvalue weighted by molar-refractivity contribution is 7.99. The van der Waals surface area contributed by atoms with Gasteiger partial charge in [0.25, 0.3) is 5.56 Å². The standard InChI is InChI=1S/C23H26N4O2S/c1-17-8-9-21-24-19(14-22(28)27(21)15-17)16-30-18(2)23(29)26-12-10-25(11-13-26)20-6-4-3-5-7-20/h3-9,14-15,18H,10-13,16H2,1-2H3. The molecule has 30 heavy (non-hydrogen) atoms. The lowest BCUT2D eigenvalue weighted by Gasteiger charge is -2.37. The molecule has 0 N–H and O–H groups in total. The van der Waals surface area contributed by atoms with Crippen LogP contribution >= 0.6 is 11.8 Å². The van der Waals surface area contributed by atoms with Gasteiger partial charge in [0.2, 0.25) is 5.91 Å². The number of pyridine rings is 1. The SMILES string of the molecule is Cc1ccc2nc(CSC(C)C(=O)N3CCN(c4ccccc4)CC3)cc(=O)n2c1. The largest absolute Gasteiger partial charge is 0.368 e. The summed E-state index contributed by atoms with van der Waals surface area (Å²) in [4.78, 5) is 34.1. The number of rotatable bonds is 5. The summed E-state index contributed by atoms with van der Waals surface area (Å²) in [6, 6.07) is 15.7. The van der Waals surface area contributed by atoms with Crippen LogP contribution in [0.5, 0.6) is 0 Å². The fraction of sp³-hybridized carbons (Fsp3) is 0.348. The van der Waals surface area contributed by atoms with E-state index >= 15 is 0 Å². The van der Waals surface area contributed by atoms with Crippen molar-refractivity contribution < 1.29 is 4.79 Å². The van der Waals surface area contributed by atoms with Crippen LogP contribution in [0.25, 0.3) is 5.65 Å². The average molecular weight is 423 g/mol. The number of thioether (sulfide) groups is 1. The van der Waals surface area contributed by atoms with E-state index in [2.05, 4.69) is 22.0 Å². The van der Waals surface area contributed by atoms with Crippen molar-refractivity contribution in [3.05, 3.63) is 76.3 Å². The van der Waals surface area contributed by atoms with Crippen molar-refractivity contribution in [3.63, 3.8) is 0 Å². The Labute approximate surface area is 180 Å². The molecule has 3 aromatic rings. The number of fused-ring (bicyclic) bond motifs is 1. The van der Waals surface area contributed by atoms with Crippen LogP contribution in [-0.2, 0) is 10.5 Å². The monoisotopic (exact) mass is 422 g/mol. The Kier molecular flexibility index (Phi) is 6.08. The molecular formula is C23H26N4O2S. The maximum absolute atomic E-state index is 12.9. The number of anilines is 1. The molecule has 0 aliphatic carbocycles. The van der Waals surface area contributed by atoms with Crippen molar-refractivity contribution >= 4 is 29.0 Å². The Bertz CT molecular complexity index is 1090. The lowest BCUT2D eigenvalue weighted by molar-refractivity contribution is -0.130. The van der Waals surface area contributed by atoms with Crippen molar-refractivity contribution in [2.45, 2.75) is 24.9 Å². The number of hydrogen-bond donors (Lipinski definition) is 0. The molecule has 1 saturated heterocycles. The summed E-state index contributed by atoms with van der Waals surface area (Å²) in [7, 11) is 0. The Balaban J connectivity index is 1.34. The van der Waals surface area contributed by atoms with Gasteiger partial charge in [-0.15, -0.1) is 11.8 Å². The number of carbonyl (C=O) groups excluding carboxylic acids is 1. The van der Waals surface area contributed by atoms with Gasteiger partial charge in [-0.1, -0.05) is 24.3 Å². The molecule has 7 heteroatoms. The maximum atomic E-state index is 12.9. The van der Waals surface area contributed by atoms with Crippen molar-refractivity contribution in [1.29, 1.82) is 0 Å². The van der Waals surface area contributed by atoms with Crippen molar-refractivity contribution in [2.75, 3.05) is 31.1 Å². The van der Waals surface area contributed by atoms with Gasteiger partial charge in [0.05, 0.1) is 10.9 Å². The molecule has 1 aliphatic heterocycles. The van der Waals surface area contributed by atoms with E-state index in [0.717, 1.165) is 31.7 Å². The zero-order valence-corrected chi connectivity index (χ0v) is 18.1. The fourth-order valence-electron chi connectivity index (χ4n) is 3.69. The first-order chi connectivity index (χ1) is 14.5. The van der Waals surface area contributed by atoms with Gasteiger partial charge in [-0.2, -0.15) is 0 Å². The number of carbonyl (C=O) groups is 1. The van der Waals surface area contributed by atoms with E-state index < -0.39 is 0 Å². The van der Waals surface area contributed by atoms with E-state index in [0.29, 0.717) is 17.1 Å². The molecule has 1 aliphatic rings. The van der Waals surface area contributed by atoms with Gasteiger partial charge in [0, 0.05) is 49.9 Å². The Morgan fingerprint density at radius 3 is 2.57 bits per heavy atom. The molecule has 2 aromatic heterocycles. The molecule has 156 valence electrons. The van der Waals surface area contributed by atoms with Crippen LogP contribution in [0.2, 0.25) is 0 Å². The molecule has 1 atom stereocenters. The van der Waals surface area contributed by atoms with Gasteiger partial charge in [-0.3, -0.25) is 14.0 Å². The number of aryl methyl sites for hydroxylation is 1. The molecule has 0 saturated carbocycles. The highest BCUT2D eigenvalue weighted by Gasteiger charge is 2.25. The molecule has 0 spiro atoms. The minimum Gasteiger partial charge on any atom is -0.368 e. The molecule has 1 aromatic carbocycles. The Hall–Kier alpha value is -2.80. The highest BCUT2D eigenvalue weighted by atomic mass is 32.2. The first kappa shape index (κ1) is 20.5. The first-order valence-corrected chi connectivity index (χ1v) is 11.3. The van der Waals surface area contributed by atoms with E-state index in [1.54, 1.807) is 16.7 Å². The Morgan fingerprint density at radius 1 is 1.10 bits per heavy atom. The smallest absolute Gasteiger partial charge is 0.258 e. The van der Waals surface area contributed by atoms with Crippen LogP contribution in [0.15, 0.2) is 59.5 Å². The third kappa shape index (κ3) is 4.51. The van der Waals surface area contributed by atoms with Crippen LogP contribution in [-0.4, -0.2) is 51.6 Å². The van der Waals surface area contributed by atoms with Crippen LogP contribution in [0, 0.1) is 6.92 Å². The minimum absolute atomic E-state index is 0.0877. The van der Waals surface area contributed by atoms with E-state index in [-0.39, 0.29) is 16.7 Å². The topological polar surface area (TPSA) is 57.9 Å². The fourth-order valence-corrected chi connectivity index (χ4v) is 4.56. The van der Waals surface area contributed by atoms with Crippen LogP contribution < -0.4 is 10.5 Å². The number of amides is 1. The summed E-state index contributed by atoms with van der Waals surface area (Å²) >= 11 is 1.53. The number of nitrogens with zero attached hydrogens (tertiary/aromatic N) is 4. The Morgan fingerprint density at radius 2 is 1.83 bits per heavy atom. The molecule has 1 unspecified atom stereocenters. The lowest BCUT2D eigenvalue weighted by atomic mass is 10.2. The number of aromatic nitrogens is 2. The zero-order valence-electron chi connectivity index (χ0n) is 17.3. The zero-order chi connectivity index (χ0) is 21.1. The molecule has 0 radical (unpaired) electrons. The van der Waals surface area contributed by atoms with Crippen molar-refractivity contribution in [1.82, 2.24) is 14.3 Å². The maximum Gasteiger partial charge on any atom is 0.258 e. The highest BCUT2D eigenvalue weighted by Crippen LogP contribution is 2.21. The number of piperazine rings is 1. The summed E-state index contributed by atoms with van der Waals surface area (Å²) in [5.74, 6) is 0.692. The summed E-state index contributed by atoms with van der Waals surface area (Å²) in [5, 5.41) is -0.174. The second-order valence-corrected chi connectivity index (χ2v) is 8.95. The van der Waals surface area contributed by atoms with Gasteiger partial charge >= 0.3 is 0 Å². The molecule has 1 amide bonds. The number of hydrogen-bond acceptors (Lipinski definition) is 5. The molecule has 0 bridgehead atoms. The van der Waals surface area contributed by atoms with E-state index in [9.17, 15) is 9.59 Å². The number of benzene rings is 1. The van der Waals surface area contributed by atoms with Gasteiger partial charge in [-0.05, 0) is 37.6 Å². The van der Waals surface area contributed by atoms with Gasteiger partial charge in [0.15, 0.2) is 0 Å². The second kappa shape index (κ2) is 8.92. The van der Waals surface area contributed by atoms with Gasteiger partial charge < -0.3 is 9.80 Å². The summed E-state index contributed by atoms with van der Waals surface area (Å²) < 4.78 is 1.56. The third-order valence-electron chi connectivity index (χ3n) is 5.40. The second-order valence-electron chi connectivity index (χ2n) is 7.62. The molecule has 6 nitrogen and oxygen atoms in total. The molecule has 3 heterocycles. The quantitative estimate of drug-likeness (QED) is 0.633. The van der Waals surface area contributed by atoms with E-state index in [1.165, 1.54) is 17.4 Å². The average Bonchev–Trinajstić information content (AvgIpc) is 2.78. The summed E-state index contributed by atoms with van der Waals surface area (Å²) in [5.41, 5.74) is 3.48. The summed E-state index contributed by atoms with van der Waals surface area (Å²) in [6.07, 6.45) is 1.79. The predicted molar refractivity (Wildman–Crippen MR) is 122 cm³/mol. The number of para-hydroxylation sites is 1. The molecular weight excluding hydrogens is 396 g/mol. The molecule has 1 fully saturated rings. The third-order valence-corrected chi connectivity index (χ3v) is 6.57. The van der Waals surface area contributed by atoms with Crippen LogP contribution in [0.3, 0.4) is 0 Å². The van der Waals surface area contributed by atoms with Gasteiger partial charge in [0.1, 0.15) is 5.65 Å². The predicted octanol–water partition coefficient (Wildman–Crippen LogP) is 2.97. The summed E-state index contributed by atoms with van der Waals surface area (Å²) in [6.45, 7) is 7.03. The van der Waals surface area contributed by atoms with Gasteiger partial charge in [-0.25, -0.2) is 4.98 Å². The van der Waals surface area contributed by atoms with Crippen LogP contribution in [0.1, 0.15) is 18.2 Å².